The molecule has 0 aliphatic carbocycles. The predicted molar refractivity (Wildman–Crippen MR) is 120 cm³/mol. The van der Waals surface area contributed by atoms with Gasteiger partial charge in [-0.2, -0.15) is 4.31 Å². The van der Waals surface area contributed by atoms with Gasteiger partial charge in [-0.15, -0.1) is 0 Å². The molecule has 0 aromatic heterocycles. The number of carbonyl (C=O) groups excluding carboxylic acids is 2. The Bertz CT molecular complexity index is 1120. The Morgan fingerprint density at radius 1 is 1.03 bits per heavy atom. The van der Waals surface area contributed by atoms with Crippen molar-refractivity contribution >= 4 is 21.7 Å². The largest absolute Gasteiger partial charge is 0.486 e. The topological polar surface area (TPSA) is 84.0 Å². The van der Waals surface area contributed by atoms with E-state index < -0.39 is 15.6 Å². The molecule has 1 saturated heterocycles. The van der Waals surface area contributed by atoms with Crippen LogP contribution in [0.5, 0.6) is 5.75 Å². The third-order valence-electron chi connectivity index (χ3n) is 6.40. The fraction of sp³-hybridized carbons (Fsp3) is 0.417. The number of rotatable bonds is 5. The molecule has 1 fully saturated rings. The Labute approximate surface area is 189 Å². The number of hydrogen-bond acceptors (Lipinski definition) is 5. The molecule has 2 aromatic rings. The maximum absolute atomic E-state index is 13.0. The van der Waals surface area contributed by atoms with Crippen LogP contribution in [0.4, 0.5) is 0 Å². The highest BCUT2D eigenvalue weighted by Crippen LogP contribution is 2.39. The molecule has 2 heterocycles. The lowest BCUT2D eigenvalue weighted by Gasteiger charge is -2.44. The summed E-state index contributed by atoms with van der Waals surface area (Å²) in [6, 6.07) is 13.4. The fourth-order valence-electron chi connectivity index (χ4n) is 4.50. The summed E-state index contributed by atoms with van der Waals surface area (Å²) >= 11 is 0. The molecular formula is C24H28N2O5S. The van der Waals surface area contributed by atoms with Crippen molar-refractivity contribution in [3.8, 4) is 5.75 Å². The zero-order chi connectivity index (χ0) is 22.9. The first kappa shape index (κ1) is 22.5. The molecule has 0 N–H and O–H groups in total. The molecule has 0 bridgehead atoms. The van der Waals surface area contributed by atoms with Gasteiger partial charge in [0.2, 0.25) is 10.0 Å². The van der Waals surface area contributed by atoms with Gasteiger partial charge >= 0.3 is 0 Å². The summed E-state index contributed by atoms with van der Waals surface area (Å²) in [5.41, 5.74) is 0.506. The molecule has 2 aliphatic rings. The maximum atomic E-state index is 13.0. The minimum atomic E-state index is -3.56. The molecule has 32 heavy (non-hydrogen) atoms. The van der Waals surface area contributed by atoms with Gasteiger partial charge in [0.1, 0.15) is 11.4 Å². The molecular weight excluding hydrogens is 428 g/mol. The third-order valence-corrected chi connectivity index (χ3v) is 8.47. The summed E-state index contributed by atoms with van der Waals surface area (Å²) in [6.45, 7) is 5.34. The summed E-state index contributed by atoms with van der Waals surface area (Å²) in [5.74, 6) is 0.555. The molecule has 1 spiro atoms. The molecule has 170 valence electrons. The lowest BCUT2D eigenvalue weighted by molar-refractivity contribution is -0.00571. The highest BCUT2D eigenvalue weighted by molar-refractivity contribution is 7.89. The number of sulfonamides is 1. The van der Waals surface area contributed by atoms with Crippen LogP contribution in [0.3, 0.4) is 0 Å². The van der Waals surface area contributed by atoms with Gasteiger partial charge in [-0.1, -0.05) is 26.0 Å². The van der Waals surface area contributed by atoms with Gasteiger partial charge in [0, 0.05) is 44.6 Å². The van der Waals surface area contributed by atoms with E-state index in [2.05, 4.69) is 0 Å². The van der Waals surface area contributed by atoms with Crippen LogP contribution >= 0.6 is 0 Å². The molecule has 2 aliphatic heterocycles. The monoisotopic (exact) mass is 456 g/mol. The van der Waals surface area contributed by atoms with Crippen LogP contribution in [-0.2, 0) is 10.0 Å². The number of benzene rings is 2. The first-order chi connectivity index (χ1) is 15.3. The smallest absolute Gasteiger partial charge is 0.253 e. The number of carbonyl (C=O) groups is 2. The number of ether oxygens (including phenoxy) is 1. The van der Waals surface area contributed by atoms with Gasteiger partial charge < -0.3 is 9.64 Å². The second-order valence-corrected chi connectivity index (χ2v) is 10.2. The van der Waals surface area contributed by atoms with Crippen molar-refractivity contribution in [1.82, 2.24) is 9.21 Å². The molecule has 1 amide bonds. The Morgan fingerprint density at radius 2 is 1.66 bits per heavy atom. The fourth-order valence-corrected chi connectivity index (χ4v) is 5.96. The summed E-state index contributed by atoms with van der Waals surface area (Å²) in [5, 5.41) is 0. The Kier molecular flexibility index (Phi) is 6.09. The minimum absolute atomic E-state index is 0.0802. The second kappa shape index (κ2) is 8.67. The highest BCUT2D eigenvalue weighted by Gasteiger charge is 2.43. The average molecular weight is 457 g/mol. The van der Waals surface area contributed by atoms with Gasteiger partial charge in [0.15, 0.2) is 5.78 Å². The van der Waals surface area contributed by atoms with Crippen molar-refractivity contribution in [2.75, 3.05) is 26.2 Å². The van der Waals surface area contributed by atoms with E-state index in [1.54, 1.807) is 36.9 Å². The van der Waals surface area contributed by atoms with Crippen molar-refractivity contribution in [3.05, 3.63) is 59.7 Å². The van der Waals surface area contributed by atoms with E-state index >= 15 is 0 Å². The average Bonchev–Trinajstić information content (AvgIpc) is 2.80. The quantitative estimate of drug-likeness (QED) is 0.689. The lowest BCUT2D eigenvalue weighted by atomic mass is 9.82. The summed E-state index contributed by atoms with van der Waals surface area (Å²) in [6.07, 6.45) is 1.48. The third kappa shape index (κ3) is 4.04. The van der Waals surface area contributed by atoms with E-state index in [1.165, 1.54) is 16.4 Å². The predicted octanol–water partition coefficient (Wildman–Crippen LogP) is 3.36. The summed E-state index contributed by atoms with van der Waals surface area (Å²) < 4.78 is 32.9. The number of likely N-dealkylation sites (tertiary alicyclic amines) is 1. The normalized spacial score (nSPS) is 17.8. The molecule has 7 nitrogen and oxygen atoms in total. The van der Waals surface area contributed by atoms with E-state index in [0.717, 1.165) is 0 Å². The number of amides is 1. The summed E-state index contributed by atoms with van der Waals surface area (Å²) in [7, 11) is -3.56. The molecule has 0 atom stereocenters. The number of ketones is 1. The van der Waals surface area contributed by atoms with Gasteiger partial charge in [0.05, 0.1) is 16.9 Å². The van der Waals surface area contributed by atoms with E-state index in [0.29, 0.717) is 62.3 Å². The van der Waals surface area contributed by atoms with Crippen LogP contribution in [0.2, 0.25) is 0 Å². The van der Waals surface area contributed by atoms with Gasteiger partial charge in [-0.25, -0.2) is 8.42 Å². The summed E-state index contributed by atoms with van der Waals surface area (Å²) in [4.78, 5) is 27.5. The standard InChI is InChI=1S/C24H28N2O5S/c1-3-26(4-2)32(29,30)19-11-9-18(10-12-19)23(28)25-15-13-24(14-16-25)17-21(27)20-7-5-6-8-22(20)31-24/h5-12H,3-4,13-17H2,1-2H3. The van der Waals surface area contributed by atoms with Crippen molar-refractivity contribution in [2.24, 2.45) is 0 Å². The van der Waals surface area contributed by atoms with Crippen LogP contribution in [-0.4, -0.2) is 61.1 Å². The van der Waals surface area contributed by atoms with Gasteiger partial charge in [-0.05, 0) is 36.4 Å². The van der Waals surface area contributed by atoms with E-state index in [4.69, 9.17) is 4.74 Å². The first-order valence-electron chi connectivity index (χ1n) is 11.0. The van der Waals surface area contributed by atoms with Crippen molar-refractivity contribution < 1.29 is 22.7 Å². The maximum Gasteiger partial charge on any atom is 0.253 e. The van der Waals surface area contributed by atoms with E-state index in [-0.39, 0.29) is 16.6 Å². The molecule has 0 unspecified atom stereocenters. The van der Waals surface area contributed by atoms with Crippen LogP contribution < -0.4 is 4.74 Å². The zero-order valence-electron chi connectivity index (χ0n) is 18.4. The van der Waals surface area contributed by atoms with Crippen LogP contribution in [0.15, 0.2) is 53.4 Å². The van der Waals surface area contributed by atoms with Crippen molar-refractivity contribution in [1.29, 1.82) is 0 Å². The minimum Gasteiger partial charge on any atom is -0.486 e. The number of nitrogens with zero attached hydrogens (tertiary/aromatic N) is 2. The Morgan fingerprint density at radius 3 is 2.28 bits per heavy atom. The Balaban J connectivity index is 1.44. The number of Topliss-reactive ketones (excluding diaryl/α,β-unsaturated/α-hetero) is 1. The lowest BCUT2D eigenvalue weighted by Crippen LogP contribution is -2.52. The SMILES string of the molecule is CCN(CC)S(=O)(=O)c1ccc(C(=O)N2CCC3(CC2)CC(=O)c2ccccc2O3)cc1. The van der Waals surface area contributed by atoms with Crippen LogP contribution in [0, 0.1) is 0 Å². The van der Waals surface area contributed by atoms with Gasteiger partial charge in [-0.3, -0.25) is 9.59 Å². The zero-order valence-corrected chi connectivity index (χ0v) is 19.2. The number of para-hydroxylation sites is 1. The van der Waals surface area contributed by atoms with Crippen LogP contribution in [0.25, 0.3) is 0 Å². The highest BCUT2D eigenvalue weighted by atomic mass is 32.2. The molecule has 2 aromatic carbocycles. The number of hydrogen-bond donors (Lipinski definition) is 0. The van der Waals surface area contributed by atoms with E-state index in [9.17, 15) is 18.0 Å². The van der Waals surface area contributed by atoms with Gasteiger partial charge in [0.25, 0.3) is 5.91 Å². The Hall–Kier alpha value is -2.71. The molecule has 4 rings (SSSR count). The van der Waals surface area contributed by atoms with Crippen LogP contribution in [0.1, 0.15) is 53.8 Å². The molecule has 0 radical (unpaired) electrons. The number of fused-ring (bicyclic) bond motifs is 1. The second-order valence-electron chi connectivity index (χ2n) is 8.29. The van der Waals surface area contributed by atoms with Crippen molar-refractivity contribution in [2.45, 2.75) is 43.6 Å². The van der Waals surface area contributed by atoms with Crippen molar-refractivity contribution in [3.63, 3.8) is 0 Å². The molecule has 8 heteroatoms. The molecule has 0 saturated carbocycles. The van der Waals surface area contributed by atoms with E-state index in [1.807, 2.05) is 18.2 Å². The first-order valence-corrected chi connectivity index (χ1v) is 12.4. The number of piperidine rings is 1.